The Bertz CT molecular complexity index is 786. The van der Waals surface area contributed by atoms with Crippen molar-refractivity contribution in [3.05, 3.63) is 18.2 Å². The van der Waals surface area contributed by atoms with Crippen molar-refractivity contribution >= 4 is 35.5 Å². The number of aromatic nitrogens is 2. The second-order valence-electron chi connectivity index (χ2n) is 8.53. The Labute approximate surface area is 198 Å². The molecular formula is C21H36N6O5S. The van der Waals surface area contributed by atoms with Crippen molar-refractivity contribution in [2.45, 2.75) is 64.7 Å². The van der Waals surface area contributed by atoms with Gasteiger partial charge in [0.05, 0.1) is 12.4 Å². The predicted molar refractivity (Wildman–Crippen MR) is 126 cm³/mol. The Hall–Kier alpha value is -2.60. The number of rotatable bonds is 14. The van der Waals surface area contributed by atoms with Crippen LogP contribution in [0.5, 0.6) is 0 Å². The Morgan fingerprint density at radius 2 is 1.58 bits per heavy atom. The van der Waals surface area contributed by atoms with E-state index < -0.39 is 47.9 Å². The van der Waals surface area contributed by atoms with Crippen LogP contribution in [0.1, 0.15) is 39.8 Å². The van der Waals surface area contributed by atoms with Crippen LogP contribution < -0.4 is 21.7 Å². The predicted octanol–water partition coefficient (Wildman–Crippen LogP) is -0.116. The molecule has 0 aliphatic rings. The highest BCUT2D eigenvalue weighted by molar-refractivity contribution is 7.98. The number of nitrogens with two attached hydrogens (primary N) is 1. The second-order valence-corrected chi connectivity index (χ2v) is 9.51. The van der Waals surface area contributed by atoms with Gasteiger partial charge in [-0.2, -0.15) is 11.8 Å². The molecule has 11 nitrogen and oxygen atoms in total. The third kappa shape index (κ3) is 9.42. The summed E-state index contributed by atoms with van der Waals surface area (Å²) in [5.41, 5.74) is 6.65. The lowest BCUT2D eigenvalue weighted by Gasteiger charge is -2.28. The van der Waals surface area contributed by atoms with E-state index in [1.807, 2.05) is 6.26 Å². The summed E-state index contributed by atoms with van der Waals surface area (Å²) >= 11 is 1.48. The van der Waals surface area contributed by atoms with E-state index in [-0.39, 0.29) is 24.7 Å². The maximum absolute atomic E-state index is 13.0. The van der Waals surface area contributed by atoms with E-state index in [0.29, 0.717) is 11.4 Å². The average molecular weight is 485 g/mol. The molecule has 0 saturated heterocycles. The summed E-state index contributed by atoms with van der Waals surface area (Å²) in [4.78, 5) is 56.6. The lowest BCUT2D eigenvalue weighted by Crippen LogP contribution is -2.59. The molecule has 1 heterocycles. The number of carboxylic acid groups (broad SMARTS) is 1. The summed E-state index contributed by atoms with van der Waals surface area (Å²) in [5.74, 6) is -2.80. The van der Waals surface area contributed by atoms with E-state index >= 15 is 0 Å². The number of H-pyrrole nitrogens is 1. The zero-order valence-corrected chi connectivity index (χ0v) is 20.6. The van der Waals surface area contributed by atoms with E-state index in [1.54, 1.807) is 33.9 Å². The first-order valence-corrected chi connectivity index (χ1v) is 12.2. The smallest absolute Gasteiger partial charge is 0.326 e. The standard InChI is InChI=1S/C21H36N6O5S/c1-11(2)16(19(29)25-15(21(31)32)6-7-33-5)27-20(30)17(12(3)4)26-18(28)14(22)8-13-9-23-10-24-13/h9-12,14-17H,6-8,22H2,1-5H3,(H,23,24)(H,25,29)(H,26,28)(H,27,30)(H,31,32). The fraction of sp³-hybridized carbons (Fsp3) is 0.667. The van der Waals surface area contributed by atoms with Crippen molar-refractivity contribution < 1.29 is 24.3 Å². The van der Waals surface area contributed by atoms with E-state index in [2.05, 4.69) is 25.9 Å². The number of carbonyl (C=O) groups is 4. The van der Waals surface area contributed by atoms with Crippen molar-refractivity contribution in [3.8, 4) is 0 Å². The van der Waals surface area contributed by atoms with E-state index in [4.69, 9.17) is 5.73 Å². The van der Waals surface area contributed by atoms with Gasteiger partial charge in [-0.25, -0.2) is 9.78 Å². The van der Waals surface area contributed by atoms with Crippen molar-refractivity contribution in [2.75, 3.05) is 12.0 Å². The zero-order chi connectivity index (χ0) is 25.1. The molecule has 4 atom stereocenters. The highest BCUT2D eigenvalue weighted by atomic mass is 32.2. The Balaban J connectivity index is 2.84. The molecule has 0 aliphatic carbocycles. The minimum absolute atomic E-state index is 0.224. The molecule has 3 amide bonds. The number of imidazole rings is 1. The summed E-state index contributed by atoms with van der Waals surface area (Å²) < 4.78 is 0. The fourth-order valence-corrected chi connectivity index (χ4v) is 3.53. The van der Waals surface area contributed by atoms with Crippen molar-refractivity contribution in [2.24, 2.45) is 17.6 Å². The third-order valence-electron chi connectivity index (χ3n) is 5.05. The lowest BCUT2D eigenvalue weighted by molar-refractivity contribution is -0.142. The first-order chi connectivity index (χ1) is 15.5. The van der Waals surface area contributed by atoms with Crippen molar-refractivity contribution in [1.29, 1.82) is 0 Å². The Morgan fingerprint density at radius 1 is 1.03 bits per heavy atom. The Kier molecular flexibility index (Phi) is 11.9. The first-order valence-electron chi connectivity index (χ1n) is 10.8. The summed E-state index contributed by atoms with van der Waals surface area (Å²) in [6.07, 6.45) is 5.38. The van der Waals surface area contributed by atoms with Gasteiger partial charge in [-0.1, -0.05) is 27.7 Å². The Morgan fingerprint density at radius 3 is 2.03 bits per heavy atom. The quantitative estimate of drug-likeness (QED) is 0.211. The largest absolute Gasteiger partial charge is 0.480 e. The van der Waals surface area contributed by atoms with E-state index in [0.717, 1.165) is 0 Å². The lowest BCUT2D eigenvalue weighted by atomic mass is 9.99. The van der Waals surface area contributed by atoms with Gasteiger partial charge in [-0.05, 0) is 30.3 Å². The molecule has 0 saturated carbocycles. The number of amides is 3. The number of thioether (sulfide) groups is 1. The van der Waals surface area contributed by atoms with Crippen LogP contribution >= 0.6 is 11.8 Å². The third-order valence-corrected chi connectivity index (χ3v) is 5.69. The summed E-state index contributed by atoms with van der Waals surface area (Å²) in [5, 5.41) is 17.2. The highest BCUT2D eigenvalue weighted by Crippen LogP contribution is 2.09. The number of hydrogen-bond acceptors (Lipinski definition) is 7. The number of hydrogen-bond donors (Lipinski definition) is 6. The molecule has 186 valence electrons. The van der Waals surface area contributed by atoms with Gasteiger partial charge in [0.25, 0.3) is 0 Å². The monoisotopic (exact) mass is 484 g/mol. The minimum atomic E-state index is -1.13. The topological polar surface area (TPSA) is 179 Å². The van der Waals surface area contributed by atoms with Crippen LogP contribution in [0, 0.1) is 11.8 Å². The number of nitrogens with zero attached hydrogens (tertiary/aromatic N) is 1. The van der Waals surface area contributed by atoms with Crippen LogP contribution in [0.2, 0.25) is 0 Å². The molecule has 12 heteroatoms. The van der Waals surface area contributed by atoms with Crippen molar-refractivity contribution in [3.63, 3.8) is 0 Å². The molecule has 7 N–H and O–H groups in total. The van der Waals surface area contributed by atoms with Crippen LogP contribution in [0.4, 0.5) is 0 Å². The SMILES string of the molecule is CSCCC(NC(=O)C(NC(=O)C(NC(=O)C(N)Cc1cnc[nH]1)C(C)C)C(C)C)C(=O)O. The molecule has 0 aliphatic heterocycles. The van der Waals surface area contributed by atoms with Gasteiger partial charge >= 0.3 is 5.97 Å². The van der Waals surface area contributed by atoms with Crippen LogP contribution in [0.15, 0.2) is 12.5 Å². The van der Waals surface area contributed by atoms with Gasteiger partial charge in [-0.3, -0.25) is 14.4 Å². The molecule has 1 aromatic rings. The van der Waals surface area contributed by atoms with Crippen molar-refractivity contribution in [1.82, 2.24) is 25.9 Å². The normalized spacial score (nSPS) is 14.9. The molecule has 0 fully saturated rings. The molecular weight excluding hydrogens is 448 g/mol. The molecule has 0 bridgehead atoms. The molecule has 0 aromatic carbocycles. The molecule has 33 heavy (non-hydrogen) atoms. The summed E-state index contributed by atoms with van der Waals surface area (Å²) in [7, 11) is 0. The van der Waals surface area contributed by atoms with Crippen LogP contribution in [-0.2, 0) is 25.6 Å². The van der Waals surface area contributed by atoms with Crippen LogP contribution in [0.3, 0.4) is 0 Å². The molecule has 0 spiro atoms. The number of carboxylic acids is 1. The van der Waals surface area contributed by atoms with E-state index in [9.17, 15) is 24.3 Å². The number of aliphatic carboxylic acids is 1. The van der Waals surface area contributed by atoms with Gasteiger partial charge in [0, 0.05) is 18.3 Å². The summed E-state index contributed by atoms with van der Waals surface area (Å²) in [6, 6.07) is -3.84. The van der Waals surface area contributed by atoms with Gasteiger partial charge < -0.3 is 31.8 Å². The maximum Gasteiger partial charge on any atom is 0.326 e. The molecule has 4 unspecified atom stereocenters. The fourth-order valence-electron chi connectivity index (χ4n) is 3.05. The van der Waals surface area contributed by atoms with Gasteiger partial charge in [0.15, 0.2) is 0 Å². The van der Waals surface area contributed by atoms with Crippen LogP contribution in [0.25, 0.3) is 0 Å². The first kappa shape index (κ1) is 28.4. The summed E-state index contributed by atoms with van der Waals surface area (Å²) in [6.45, 7) is 7.01. The van der Waals surface area contributed by atoms with Gasteiger partial charge in [0.1, 0.15) is 18.1 Å². The number of nitrogens with one attached hydrogen (secondary N) is 4. The molecule has 1 aromatic heterocycles. The average Bonchev–Trinajstić information content (AvgIpc) is 3.24. The minimum Gasteiger partial charge on any atom is -0.480 e. The second kappa shape index (κ2) is 13.8. The maximum atomic E-state index is 13.0. The van der Waals surface area contributed by atoms with Gasteiger partial charge in [0.2, 0.25) is 17.7 Å². The molecule has 0 radical (unpaired) electrons. The molecule has 1 rings (SSSR count). The van der Waals surface area contributed by atoms with Crippen LogP contribution in [-0.4, -0.2) is 74.9 Å². The van der Waals surface area contributed by atoms with E-state index in [1.165, 1.54) is 18.1 Å². The zero-order valence-electron chi connectivity index (χ0n) is 19.8. The number of carbonyl (C=O) groups excluding carboxylic acids is 3. The number of aromatic amines is 1. The highest BCUT2D eigenvalue weighted by Gasteiger charge is 2.33. The van der Waals surface area contributed by atoms with Gasteiger partial charge in [-0.15, -0.1) is 0 Å².